The molecule has 2 rings (SSSR count). The fourth-order valence-corrected chi connectivity index (χ4v) is 1.56. The predicted octanol–water partition coefficient (Wildman–Crippen LogP) is 1.09. The van der Waals surface area contributed by atoms with Crippen molar-refractivity contribution in [3.05, 3.63) is 24.4 Å². The van der Waals surface area contributed by atoms with Crippen molar-refractivity contribution >= 4 is 22.7 Å². The average Bonchev–Trinajstić information content (AvgIpc) is 2.67. The molecule has 0 radical (unpaired) electrons. The smallest absolute Gasteiger partial charge is 0.318 e. The summed E-state index contributed by atoms with van der Waals surface area (Å²) >= 11 is 1.06. The van der Waals surface area contributed by atoms with E-state index in [9.17, 15) is 4.79 Å². The summed E-state index contributed by atoms with van der Waals surface area (Å²) in [7, 11) is 0. The number of nitrogens with one attached hydrogen (secondary N) is 1. The lowest BCUT2D eigenvalue weighted by Crippen LogP contribution is -2.18. The van der Waals surface area contributed by atoms with E-state index in [4.69, 9.17) is 5.73 Å². The van der Waals surface area contributed by atoms with Crippen LogP contribution < -0.4 is 11.1 Å². The minimum absolute atomic E-state index is 0.364. The van der Waals surface area contributed by atoms with Crippen LogP contribution in [0.4, 0.5) is 9.93 Å². The van der Waals surface area contributed by atoms with Crippen LogP contribution in [-0.2, 0) is 0 Å². The van der Waals surface area contributed by atoms with Gasteiger partial charge in [0.25, 0.3) is 0 Å². The van der Waals surface area contributed by atoms with Gasteiger partial charge in [-0.05, 0) is 12.1 Å². The predicted molar refractivity (Wildman–Crippen MR) is 56.3 cm³/mol. The summed E-state index contributed by atoms with van der Waals surface area (Å²) < 4.78 is 4.04. The Bertz CT molecular complexity index is 469. The minimum atomic E-state index is -0.654. The molecule has 0 fully saturated rings. The summed E-state index contributed by atoms with van der Waals surface area (Å²) in [5.41, 5.74) is 5.60. The van der Waals surface area contributed by atoms with Crippen LogP contribution in [0, 0.1) is 0 Å². The highest BCUT2D eigenvalue weighted by Crippen LogP contribution is 2.18. The second-order valence-corrected chi connectivity index (χ2v) is 3.38. The third kappa shape index (κ3) is 2.26. The molecule has 0 aliphatic carbocycles. The molecular weight excluding hydrogens is 214 g/mol. The number of anilines is 1. The molecule has 0 aromatic carbocycles. The zero-order valence-corrected chi connectivity index (χ0v) is 8.36. The standard InChI is InChI=1S/C8H7N5OS/c9-7(14)12-8-11-6(13-15-8)5-3-1-2-4-10-5/h1-4H,(H3,9,11,12,13,14). The van der Waals surface area contributed by atoms with Crippen LogP contribution in [0.1, 0.15) is 0 Å². The summed E-state index contributed by atoms with van der Waals surface area (Å²) in [5, 5.41) is 2.71. The molecular formula is C8H7N5OS. The van der Waals surface area contributed by atoms with Crippen molar-refractivity contribution in [3.63, 3.8) is 0 Å². The van der Waals surface area contributed by atoms with Crippen molar-refractivity contribution < 1.29 is 4.79 Å². The normalized spacial score (nSPS) is 9.87. The number of nitrogens with two attached hydrogens (primary N) is 1. The van der Waals surface area contributed by atoms with Gasteiger partial charge in [-0.2, -0.15) is 9.36 Å². The van der Waals surface area contributed by atoms with Crippen molar-refractivity contribution in [2.24, 2.45) is 5.73 Å². The van der Waals surface area contributed by atoms with E-state index in [1.807, 2.05) is 6.07 Å². The van der Waals surface area contributed by atoms with E-state index in [1.54, 1.807) is 18.3 Å². The monoisotopic (exact) mass is 221 g/mol. The summed E-state index contributed by atoms with van der Waals surface area (Å²) in [6.07, 6.45) is 1.65. The van der Waals surface area contributed by atoms with Gasteiger partial charge in [0.1, 0.15) is 5.69 Å². The number of carbonyl (C=O) groups is 1. The SMILES string of the molecule is NC(=O)Nc1nc(-c2ccccn2)ns1. The van der Waals surface area contributed by atoms with Crippen LogP contribution in [0.2, 0.25) is 0 Å². The Morgan fingerprint density at radius 2 is 2.33 bits per heavy atom. The van der Waals surface area contributed by atoms with E-state index in [1.165, 1.54) is 0 Å². The maximum atomic E-state index is 10.5. The first-order valence-electron chi connectivity index (χ1n) is 4.07. The molecule has 7 heteroatoms. The molecule has 15 heavy (non-hydrogen) atoms. The number of hydrogen-bond donors (Lipinski definition) is 2. The molecule has 0 aliphatic rings. The highest BCUT2D eigenvalue weighted by molar-refractivity contribution is 7.10. The van der Waals surface area contributed by atoms with Crippen LogP contribution in [0.3, 0.4) is 0 Å². The van der Waals surface area contributed by atoms with Crippen LogP contribution in [-0.4, -0.2) is 20.4 Å². The number of urea groups is 1. The van der Waals surface area contributed by atoms with Crippen molar-refractivity contribution in [2.45, 2.75) is 0 Å². The number of primary amides is 1. The third-order valence-electron chi connectivity index (χ3n) is 1.55. The summed E-state index contributed by atoms with van der Waals surface area (Å²) in [5.74, 6) is 0.476. The Morgan fingerprint density at radius 1 is 1.47 bits per heavy atom. The lowest BCUT2D eigenvalue weighted by atomic mass is 10.3. The van der Waals surface area contributed by atoms with Crippen LogP contribution in [0.15, 0.2) is 24.4 Å². The lowest BCUT2D eigenvalue weighted by molar-refractivity contribution is 0.259. The molecule has 0 atom stereocenters. The maximum Gasteiger partial charge on any atom is 0.318 e. The molecule has 0 saturated carbocycles. The summed E-state index contributed by atoms with van der Waals surface area (Å²) in [6.45, 7) is 0. The van der Waals surface area contributed by atoms with E-state index in [0.717, 1.165) is 11.5 Å². The first-order chi connectivity index (χ1) is 7.25. The van der Waals surface area contributed by atoms with E-state index >= 15 is 0 Å². The highest BCUT2D eigenvalue weighted by atomic mass is 32.1. The minimum Gasteiger partial charge on any atom is -0.351 e. The second kappa shape index (κ2) is 4.01. The third-order valence-corrected chi connectivity index (χ3v) is 2.18. The molecule has 2 aromatic heterocycles. The summed E-state index contributed by atoms with van der Waals surface area (Å²) in [4.78, 5) is 18.7. The molecule has 2 amide bonds. The van der Waals surface area contributed by atoms with Gasteiger partial charge in [0.05, 0.1) is 0 Å². The number of rotatable bonds is 2. The van der Waals surface area contributed by atoms with Gasteiger partial charge in [-0.1, -0.05) is 6.07 Å². The fourth-order valence-electron chi connectivity index (χ4n) is 0.979. The quantitative estimate of drug-likeness (QED) is 0.793. The van der Waals surface area contributed by atoms with Crippen molar-refractivity contribution in [3.8, 4) is 11.5 Å². The zero-order valence-electron chi connectivity index (χ0n) is 7.54. The highest BCUT2D eigenvalue weighted by Gasteiger charge is 2.07. The molecule has 0 aliphatic heterocycles. The van der Waals surface area contributed by atoms with Crippen LogP contribution in [0.5, 0.6) is 0 Å². The van der Waals surface area contributed by atoms with Crippen LogP contribution in [0.25, 0.3) is 11.5 Å². The van der Waals surface area contributed by atoms with E-state index in [2.05, 4.69) is 19.7 Å². The number of carbonyl (C=O) groups excluding carboxylic acids is 1. The van der Waals surface area contributed by atoms with Gasteiger partial charge in [0.2, 0.25) is 5.13 Å². The first kappa shape index (κ1) is 9.53. The van der Waals surface area contributed by atoms with Gasteiger partial charge in [-0.15, -0.1) is 0 Å². The number of nitrogens with zero attached hydrogens (tertiary/aromatic N) is 3. The number of hydrogen-bond acceptors (Lipinski definition) is 5. The second-order valence-electron chi connectivity index (χ2n) is 2.63. The first-order valence-corrected chi connectivity index (χ1v) is 4.84. The largest absolute Gasteiger partial charge is 0.351 e. The molecule has 0 saturated heterocycles. The van der Waals surface area contributed by atoms with Crippen molar-refractivity contribution in [1.29, 1.82) is 0 Å². The summed E-state index contributed by atoms with van der Waals surface area (Å²) in [6, 6.07) is 4.78. The number of pyridine rings is 1. The molecule has 76 valence electrons. The number of aromatic nitrogens is 3. The fraction of sp³-hybridized carbons (Fsp3) is 0. The maximum absolute atomic E-state index is 10.5. The molecule has 3 N–H and O–H groups in total. The Kier molecular flexibility index (Phi) is 2.55. The van der Waals surface area contributed by atoms with E-state index < -0.39 is 6.03 Å². The molecule has 2 heterocycles. The van der Waals surface area contributed by atoms with Gasteiger partial charge < -0.3 is 5.73 Å². The Labute approximate surface area is 89.3 Å². The lowest BCUT2D eigenvalue weighted by Gasteiger charge is -1.92. The number of amides is 2. The van der Waals surface area contributed by atoms with Crippen molar-refractivity contribution in [1.82, 2.24) is 14.3 Å². The molecule has 0 unspecified atom stereocenters. The molecule has 0 spiro atoms. The Morgan fingerprint density at radius 3 is 3.00 bits per heavy atom. The molecule has 6 nitrogen and oxygen atoms in total. The van der Waals surface area contributed by atoms with Gasteiger partial charge in [0.15, 0.2) is 5.82 Å². The topological polar surface area (TPSA) is 93.8 Å². The van der Waals surface area contributed by atoms with Crippen molar-refractivity contribution in [2.75, 3.05) is 5.32 Å². The Balaban J connectivity index is 2.24. The zero-order chi connectivity index (χ0) is 10.7. The molecule has 0 bridgehead atoms. The van der Waals surface area contributed by atoms with Crippen LogP contribution >= 0.6 is 11.5 Å². The van der Waals surface area contributed by atoms with E-state index in [-0.39, 0.29) is 0 Å². The van der Waals surface area contributed by atoms with Gasteiger partial charge >= 0.3 is 6.03 Å². The van der Waals surface area contributed by atoms with Gasteiger partial charge in [-0.25, -0.2) is 4.79 Å². The van der Waals surface area contributed by atoms with E-state index in [0.29, 0.717) is 16.6 Å². The average molecular weight is 221 g/mol. The van der Waals surface area contributed by atoms with Gasteiger partial charge in [-0.3, -0.25) is 10.3 Å². The Hall–Kier alpha value is -2.02. The molecule has 2 aromatic rings. The van der Waals surface area contributed by atoms with Gasteiger partial charge in [0, 0.05) is 17.7 Å².